The SMILES string of the molecule is C=C/C=C(/C)C(=C)c1cc(-c2ccc3c4ccc(-c5ccc(N(C(/C=C\C)=C/CC)c6ccccc6)cc5)cc4c4ccccc4c3c2)ccc1C. The molecule has 7 rings (SSSR count). The molecule has 0 atom stereocenters. The van der Waals surface area contributed by atoms with E-state index >= 15 is 0 Å². The molecule has 7 aromatic rings. The molecule has 0 heterocycles. The minimum Gasteiger partial charge on any atom is -0.311 e. The highest BCUT2D eigenvalue weighted by Crippen LogP contribution is 2.40. The lowest BCUT2D eigenvalue weighted by Gasteiger charge is -2.26. The Balaban J connectivity index is 1.31. The van der Waals surface area contributed by atoms with Gasteiger partial charge in [-0.2, -0.15) is 0 Å². The van der Waals surface area contributed by atoms with Gasteiger partial charge in [0, 0.05) is 17.1 Å². The first-order chi connectivity index (χ1) is 25.4. The van der Waals surface area contributed by atoms with Crippen LogP contribution >= 0.6 is 0 Å². The third-order valence-electron chi connectivity index (χ3n) is 10.1. The molecule has 0 aliphatic rings. The zero-order chi connectivity index (χ0) is 36.2. The Kier molecular flexibility index (Phi) is 9.87. The van der Waals surface area contributed by atoms with Gasteiger partial charge in [0.25, 0.3) is 0 Å². The standard InChI is InChI=1S/C51H45N/c1-7-15-35(4)37(6)49-32-40(23-22-36(49)5)41-27-31-48-47-30-26-39(33-50(47)45-20-13-14-21-46(45)51(48)34-41)38-24-28-44(29-25-38)52(42(16-8-2)17-9-3)43-18-11-10-12-19-43/h7-8,10-34H,1,6,9H2,2-5H3/b16-8-,35-15-,42-17+. The van der Waals surface area contributed by atoms with E-state index in [0.29, 0.717) is 0 Å². The Morgan fingerprint density at radius 2 is 1.13 bits per heavy atom. The van der Waals surface area contributed by atoms with E-state index in [1.807, 2.05) is 12.2 Å². The number of rotatable bonds is 10. The second-order valence-electron chi connectivity index (χ2n) is 13.4. The molecule has 0 saturated carbocycles. The molecule has 0 fully saturated rings. The van der Waals surface area contributed by atoms with Crippen LogP contribution < -0.4 is 4.90 Å². The summed E-state index contributed by atoms with van der Waals surface area (Å²) >= 11 is 0. The summed E-state index contributed by atoms with van der Waals surface area (Å²) in [6, 6.07) is 49.0. The molecular weight excluding hydrogens is 627 g/mol. The summed E-state index contributed by atoms with van der Waals surface area (Å²) in [5.41, 5.74) is 12.8. The zero-order valence-corrected chi connectivity index (χ0v) is 30.7. The van der Waals surface area contributed by atoms with Crippen molar-refractivity contribution in [1.29, 1.82) is 0 Å². The number of fused-ring (bicyclic) bond motifs is 6. The van der Waals surface area contributed by atoms with Crippen LogP contribution in [0.2, 0.25) is 0 Å². The lowest BCUT2D eigenvalue weighted by Crippen LogP contribution is -2.15. The lowest BCUT2D eigenvalue weighted by molar-refractivity contribution is 1.13. The fourth-order valence-corrected chi connectivity index (χ4v) is 7.37. The van der Waals surface area contributed by atoms with Gasteiger partial charge in [0.15, 0.2) is 0 Å². The van der Waals surface area contributed by atoms with Gasteiger partial charge in [-0.05, 0) is 153 Å². The quantitative estimate of drug-likeness (QED) is 0.103. The maximum atomic E-state index is 4.42. The molecule has 0 amide bonds. The summed E-state index contributed by atoms with van der Waals surface area (Å²) in [4.78, 5) is 2.33. The van der Waals surface area contributed by atoms with Crippen molar-refractivity contribution >= 4 is 49.3 Å². The van der Waals surface area contributed by atoms with Crippen molar-refractivity contribution in [2.24, 2.45) is 0 Å². The Morgan fingerprint density at radius 1 is 0.615 bits per heavy atom. The number of nitrogens with zero attached hydrogens (tertiary/aromatic N) is 1. The average molecular weight is 672 g/mol. The molecule has 0 radical (unpaired) electrons. The Morgan fingerprint density at radius 3 is 1.73 bits per heavy atom. The van der Waals surface area contributed by atoms with E-state index in [0.717, 1.165) is 28.9 Å². The zero-order valence-electron chi connectivity index (χ0n) is 30.7. The van der Waals surface area contributed by atoms with E-state index in [-0.39, 0.29) is 0 Å². The van der Waals surface area contributed by atoms with E-state index in [4.69, 9.17) is 0 Å². The monoisotopic (exact) mass is 671 g/mol. The maximum absolute atomic E-state index is 4.42. The lowest BCUT2D eigenvalue weighted by atomic mass is 9.89. The number of para-hydroxylation sites is 1. The molecule has 7 aromatic carbocycles. The van der Waals surface area contributed by atoms with Gasteiger partial charge < -0.3 is 4.90 Å². The van der Waals surface area contributed by atoms with Crippen molar-refractivity contribution in [2.45, 2.75) is 34.1 Å². The normalized spacial score (nSPS) is 12.2. The van der Waals surface area contributed by atoms with Crippen LogP contribution in [0.3, 0.4) is 0 Å². The van der Waals surface area contributed by atoms with Gasteiger partial charge in [-0.1, -0.05) is 135 Å². The van der Waals surface area contributed by atoms with Crippen LogP contribution in [0.5, 0.6) is 0 Å². The van der Waals surface area contributed by atoms with Gasteiger partial charge in [0.2, 0.25) is 0 Å². The van der Waals surface area contributed by atoms with Gasteiger partial charge in [-0.25, -0.2) is 0 Å². The van der Waals surface area contributed by atoms with Crippen LogP contribution in [0.4, 0.5) is 11.4 Å². The van der Waals surface area contributed by atoms with Crippen LogP contribution in [0.1, 0.15) is 38.3 Å². The molecule has 52 heavy (non-hydrogen) atoms. The molecule has 0 aromatic heterocycles. The number of allylic oxidation sites excluding steroid dienone is 7. The molecule has 0 aliphatic heterocycles. The average Bonchev–Trinajstić information content (AvgIpc) is 3.18. The molecule has 0 spiro atoms. The van der Waals surface area contributed by atoms with E-state index in [1.54, 1.807) is 0 Å². The molecule has 0 aliphatic carbocycles. The van der Waals surface area contributed by atoms with E-state index < -0.39 is 0 Å². The van der Waals surface area contributed by atoms with E-state index in [1.165, 1.54) is 71.4 Å². The summed E-state index contributed by atoms with van der Waals surface area (Å²) in [7, 11) is 0. The predicted molar refractivity (Wildman–Crippen MR) is 229 cm³/mol. The second-order valence-corrected chi connectivity index (χ2v) is 13.4. The fraction of sp³-hybridized carbons (Fsp3) is 0.0980. The molecule has 1 nitrogen and oxygen atoms in total. The van der Waals surface area contributed by atoms with Crippen molar-refractivity contribution in [1.82, 2.24) is 0 Å². The molecule has 0 saturated heterocycles. The molecule has 0 N–H and O–H groups in total. The highest BCUT2D eigenvalue weighted by molar-refractivity contribution is 6.26. The Bertz CT molecular complexity index is 2520. The Hall–Kier alpha value is -6.18. The summed E-state index contributed by atoms with van der Waals surface area (Å²) in [5.74, 6) is 0. The molecule has 0 bridgehead atoms. The van der Waals surface area contributed by atoms with Crippen molar-refractivity contribution in [3.8, 4) is 22.3 Å². The largest absolute Gasteiger partial charge is 0.311 e. The minimum atomic E-state index is 0.957. The molecular formula is C51H45N. The van der Waals surface area contributed by atoms with Crippen LogP contribution in [0.25, 0.3) is 60.1 Å². The van der Waals surface area contributed by atoms with Crippen LogP contribution in [0, 0.1) is 6.92 Å². The van der Waals surface area contributed by atoms with Gasteiger partial charge in [-0.3, -0.25) is 0 Å². The second kappa shape index (κ2) is 15.0. The summed E-state index contributed by atoms with van der Waals surface area (Å²) in [6.07, 6.45) is 11.4. The number of hydrogen-bond donors (Lipinski definition) is 0. The van der Waals surface area contributed by atoms with Crippen molar-refractivity contribution in [3.05, 3.63) is 199 Å². The number of aryl methyl sites for hydroxylation is 1. The third kappa shape index (κ3) is 6.54. The summed E-state index contributed by atoms with van der Waals surface area (Å²) in [5, 5.41) is 7.58. The Labute approximate surface area is 308 Å². The van der Waals surface area contributed by atoms with E-state index in [2.05, 4.69) is 197 Å². The van der Waals surface area contributed by atoms with Crippen LogP contribution in [0.15, 0.2) is 188 Å². The first-order valence-electron chi connectivity index (χ1n) is 18.2. The van der Waals surface area contributed by atoms with Gasteiger partial charge in [0.1, 0.15) is 0 Å². The smallest absolute Gasteiger partial charge is 0.0461 e. The third-order valence-corrected chi connectivity index (χ3v) is 10.1. The van der Waals surface area contributed by atoms with Crippen LogP contribution in [-0.2, 0) is 0 Å². The van der Waals surface area contributed by atoms with Gasteiger partial charge >= 0.3 is 0 Å². The highest BCUT2D eigenvalue weighted by atomic mass is 15.1. The number of anilines is 2. The van der Waals surface area contributed by atoms with Gasteiger partial charge in [-0.15, -0.1) is 0 Å². The highest BCUT2D eigenvalue weighted by Gasteiger charge is 2.15. The van der Waals surface area contributed by atoms with Crippen LogP contribution in [-0.4, -0.2) is 0 Å². The molecule has 0 unspecified atom stereocenters. The summed E-state index contributed by atoms with van der Waals surface area (Å²) < 4.78 is 0. The first kappa shape index (κ1) is 34.3. The van der Waals surface area contributed by atoms with Crippen molar-refractivity contribution in [3.63, 3.8) is 0 Å². The number of benzene rings is 7. The first-order valence-corrected chi connectivity index (χ1v) is 18.2. The van der Waals surface area contributed by atoms with Gasteiger partial charge in [0.05, 0.1) is 0 Å². The minimum absolute atomic E-state index is 0.957. The molecule has 1 heteroatoms. The maximum Gasteiger partial charge on any atom is 0.0461 e. The fourth-order valence-electron chi connectivity index (χ4n) is 7.37. The topological polar surface area (TPSA) is 3.24 Å². The summed E-state index contributed by atoms with van der Waals surface area (Å²) in [6.45, 7) is 16.8. The van der Waals surface area contributed by atoms with E-state index in [9.17, 15) is 0 Å². The number of hydrogen-bond acceptors (Lipinski definition) is 1. The van der Waals surface area contributed by atoms with Crippen molar-refractivity contribution in [2.75, 3.05) is 4.90 Å². The predicted octanol–water partition coefficient (Wildman–Crippen LogP) is 14.9. The molecule has 254 valence electrons. The van der Waals surface area contributed by atoms with Crippen molar-refractivity contribution < 1.29 is 0 Å².